The summed E-state index contributed by atoms with van der Waals surface area (Å²) in [6.07, 6.45) is 3.45. The lowest BCUT2D eigenvalue weighted by atomic mass is 10.1. The maximum Gasteiger partial charge on any atom is 0.137 e. The van der Waals surface area contributed by atoms with Crippen molar-refractivity contribution in [3.63, 3.8) is 0 Å². The zero-order chi connectivity index (χ0) is 12.1. The molecule has 4 heteroatoms. The van der Waals surface area contributed by atoms with Crippen molar-refractivity contribution in [2.45, 2.75) is 31.0 Å². The Hall–Kier alpha value is 0.270. The summed E-state index contributed by atoms with van der Waals surface area (Å²) in [7, 11) is 1.68. The fourth-order valence-corrected chi connectivity index (χ4v) is 3.23. The minimum Gasteiger partial charge on any atom is -0.495 e. The van der Waals surface area contributed by atoms with Gasteiger partial charge in [-0.25, -0.2) is 0 Å². The highest BCUT2D eigenvalue weighted by atomic mass is 79.9. The van der Waals surface area contributed by atoms with E-state index >= 15 is 0 Å². The lowest BCUT2D eigenvalue weighted by Gasteiger charge is -2.16. The number of benzene rings is 1. The molecule has 1 nitrogen and oxygen atoms in total. The zero-order valence-electron chi connectivity index (χ0n) is 9.40. The van der Waals surface area contributed by atoms with Crippen molar-refractivity contribution < 1.29 is 4.74 Å². The average Bonchev–Trinajstić information content (AvgIpc) is 2.24. The van der Waals surface area contributed by atoms with E-state index < -0.39 is 0 Å². The van der Waals surface area contributed by atoms with Gasteiger partial charge in [-0.1, -0.05) is 47.3 Å². The topological polar surface area (TPSA) is 9.23 Å². The molecule has 16 heavy (non-hydrogen) atoms. The van der Waals surface area contributed by atoms with Crippen molar-refractivity contribution in [3.8, 4) is 5.75 Å². The molecule has 1 unspecified atom stereocenters. The molecule has 0 aliphatic rings. The number of unbranched alkanes of at least 4 members (excludes halogenated alkanes) is 1. The van der Waals surface area contributed by atoms with Gasteiger partial charge in [0.2, 0.25) is 0 Å². The third-order valence-corrected chi connectivity index (χ3v) is 4.15. The van der Waals surface area contributed by atoms with E-state index in [1.807, 2.05) is 12.1 Å². The number of alkyl halides is 1. The Morgan fingerprint density at radius 3 is 2.69 bits per heavy atom. The summed E-state index contributed by atoms with van der Waals surface area (Å²) in [5.74, 6) is 0.863. The Morgan fingerprint density at radius 2 is 2.12 bits per heavy atom. The third-order valence-electron chi connectivity index (χ3n) is 2.39. The van der Waals surface area contributed by atoms with Crippen LogP contribution in [0.25, 0.3) is 0 Å². The van der Waals surface area contributed by atoms with Crippen molar-refractivity contribution in [2.75, 3.05) is 7.11 Å². The maximum atomic E-state index is 6.05. The van der Waals surface area contributed by atoms with Crippen molar-refractivity contribution >= 4 is 43.5 Å². The van der Waals surface area contributed by atoms with Crippen LogP contribution in [0.4, 0.5) is 0 Å². The number of ether oxygens (including phenoxy) is 1. The molecular weight excluding hydrogens is 355 g/mol. The van der Waals surface area contributed by atoms with Crippen LogP contribution < -0.4 is 4.74 Å². The lowest BCUT2D eigenvalue weighted by Crippen LogP contribution is -1.96. The molecule has 0 radical (unpaired) electrons. The van der Waals surface area contributed by atoms with E-state index in [4.69, 9.17) is 16.3 Å². The maximum absolute atomic E-state index is 6.05. The minimum absolute atomic E-state index is 0.289. The third kappa shape index (κ3) is 3.64. The van der Waals surface area contributed by atoms with Crippen LogP contribution in [0.2, 0.25) is 5.02 Å². The van der Waals surface area contributed by atoms with E-state index in [1.165, 1.54) is 12.8 Å². The first-order valence-electron chi connectivity index (χ1n) is 5.27. The zero-order valence-corrected chi connectivity index (χ0v) is 13.3. The predicted octanol–water partition coefficient (Wildman–Crippen LogP) is 5.74. The van der Waals surface area contributed by atoms with E-state index in [1.54, 1.807) is 7.11 Å². The molecule has 0 aromatic heterocycles. The molecule has 0 amide bonds. The molecule has 1 aromatic rings. The second kappa shape index (κ2) is 6.87. The average molecular weight is 371 g/mol. The number of rotatable bonds is 5. The first-order chi connectivity index (χ1) is 7.60. The van der Waals surface area contributed by atoms with Gasteiger partial charge in [-0.15, -0.1) is 0 Å². The van der Waals surface area contributed by atoms with Crippen LogP contribution in [-0.4, -0.2) is 7.11 Å². The van der Waals surface area contributed by atoms with E-state index in [0.717, 1.165) is 27.2 Å². The largest absolute Gasteiger partial charge is 0.495 e. The number of halogens is 3. The highest BCUT2D eigenvalue weighted by Gasteiger charge is 2.16. The molecule has 0 heterocycles. The van der Waals surface area contributed by atoms with Crippen molar-refractivity contribution in [1.29, 1.82) is 0 Å². The second-order valence-corrected chi connectivity index (χ2v) is 6.02. The molecule has 0 fully saturated rings. The van der Waals surface area contributed by atoms with Gasteiger partial charge in [-0.05, 0) is 34.5 Å². The van der Waals surface area contributed by atoms with E-state index in [-0.39, 0.29) is 4.83 Å². The van der Waals surface area contributed by atoms with Crippen LogP contribution in [0, 0.1) is 0 Å². The minimum atomic E-state index is 0.289. The molecule has 1 rings (SSSR count). The van der Waals surface area contributed by atoms with Gasteiger partial charge in [0.15, 0.2) is 0 Å². The first kappa shape index (κ1) is 14.3. The van der Waals surface area contributed by atoms with Crippen molar-refractivity contribution in [1.82, 2.24) is 0 Å². The van der Waals surface area contributed by atoms with Crippen LogP contribution in [0.1, 0.15) is 36.6 Å². The Balaban J connectivity index is 3.00. The van der Waals surface area contributed by atoms with Gasteiger partial charge in [-0.3, -0.25) is 0 Å². The summed E-state index contributed by atoms with van der Waals surface area (Å²) in [5, 5.41) is 0.726. The molecule has 0 aliphatic heterocycles. The summed E-state index contributed by atoms with van der Waals surface area (Å²) in [6.45, 7) is 2.19. The van der Waals surface area contributed by atoms with Gasteiger partial charge >= 0.3 is 0 Å². The van der Waals surface area contributed by atoms with Crippen LogP contribution in [0.15, 0.2) is 16.6 Å². The van der Waals surface area contributed by atoms with Gasteiger partial charge in [0.05, 0.1) is 11.6 Å². The molecule has 0 aliphatic carbocycles. The normalized spacial score (nSPS) is 12.6. The van der Waals surface area contributed by atoms with Crippen LogP contribution in [0.3, 0.4) is 0 Å². The van der Waals surface area contributed by atoms with E-state index in [9.17, 15) is 0 Å². The van der Waals surface area contributed by atoms with Gasteiger partial charge in [0.1, 0.15) is 5.75 Å². The van der Waals surface area contributed by atoms with Crippen LogP contribution in [0.5, 0.6) is 5.75 Å². The second-order valence-electron chi connectivity index (χ2n) is 3.62. The summed E-state index contributed by atoms with van der Waals surface area (Å²) in [6, 6.07) is 3.81. The first-order valence-corrected chi connectivity index (χ1v) is 7.35. The summed E-state index contributed by atoms with van der Waals surface area (Å²) in [4.78, 5) is 0.289. The quantitative estimate of drug-likeness (QED) is 0.601. The van der Waals surface area contributed by atoms with E-state index in [0.29, 0.717) is 0 Å². The van der Waals surface area contributed by atoms with Crippen molar-refractivity contribution in [2.24, 2.45) is 0 Å². The Kier molecular flexibility index (Phi) is 6.16. The highest BCUT2D eigenvalue weighted by molar-refractivity contribution is 9.10. The fourth-order valence-electron chi connectivity index (χ4n) is 1.57. The fraction of sp³-hybridized carbons (Fsp3) is 0.500. The molecule has 1 aromatic carbocycles. The number of hydrogen-bond donors (Lipinski definition) is 0. The summed E-state index contributed by atoms with van der Waals surface area (Å²) >= 11 is 13.2. The highest BCUT2D eigenvalue weighted by Crippen LogP contribution is 2.41. The number of hydrogen-bond acceptors (Lipinski definition) is 1. The number of methoxy groups -OCH3 is 1. The lowest BCUT2D eigenvalue weighted by molar-refractivity contribution is 0.406. The molecule has 0 bridgehead atoms. The molecule has 0 N–H and O–H groups in total. The predicted molar refractivity (Wildman–Crippen MR) is 76.9 cm³/mol. The van der Waals surface area contributed by atoms with Gasteiger partial charge in [0, 0.05) is 15.4 Å². The van der Waals surface area contributed by atoms with E-state index in [2.05, 4.69) is 38.8 Å². The summed E-state index contributed by atoms with van der Waals surface area (Å²) in [5.41, 5.74) is 1.11. The Morgan fingerprint density at radius 1 is 1.44 bits per heavy atom. The molecule has 0 saturated carbocycles. The van der Waals surface area contributed by atoms with Crippen LogP contribution >= 0.6 is 43.5 Å². The molecule has 0 saturated heterocycles. The van der Waals surface area contributed by atoms with Crippen molar-refractivity contribution in [3.05, 3.63) is 27.2 Å². The smallest absolute Gasteiger partial charge is 0.137 e. The molecule has 1 atom stereocenters. The molecule has 0 spiro atoms. The van der Waals surface area contributed by atoms with Gasteiger partial charge in [-0.2, -0.15) is 0 Å². The standard InChI is InChI=1S/C12H15Br2ClO/c1-3-4-5-10(13)9-6-8(15)7-11(14)12(9)16-2/h6-7,10H,3-5H2,1-2H3. The molecule has 90 valence electrons. The van der Waals surface area contributed by atoms with Gasteiger partial charge in [0.25, 0.3) is 0 Å². The van der Waals surface area contributed by atoms with Crippen LogP contribution in [-0.2, 0) is 0 Å². The Bertz CT molecular complexity index is 355. The van der Waals surface area contributed by atoms with Gasteiger partial charge < -0.3 is 4.74 Å². The Labute approximate surface area is 119 Å². The summed E-state index contributed by atoms with van der Waals surface area (Å²) < 4.78 is 6.30. The molecular formula is C12H15Br2ClO. The SMILES string of the molecule is CCCCC(Br)c1cc(Cl)cc(Br)c1OC. The monoisotopic (exact) mass is 368 g/mol.